The van der Waals surface area contributed by atoms with Gasteiger partial charge < -0.3 is 10.5 Å². The van der Waals surface area contributed by atoms with E-state index in [-0.39, 0.29) is 6.04 Å². The molecule has 20 heavy (non-hydrogen) atoms. The molecule has 0 fully saturated rings. The quantitative estimate of drug-likeness (QED) is 0.795. The molecule has 2 rings (SSSR count). The number of nitrogens with two attached hydrogens (primary N) is 1. The van der Waals surface area contributed by atoms with Gasteiger partial charge in [-0.25, -0.2) is 0 Å². The van der Waals surface area contributed by atoms with E-state index in [1.165, 1.54) is 10.5 Å². The number of thioether (sulfide) groups is 1. The maximum absolute atomic E-state index is 6.21. The van der Waals surface area contributed by atoms with Crippen molar-refractivity contribution >= 4 is 27.7 Å². The van der Waals surface area contributed by atoms with Crippen LogP contribution in [-0.2, 0) is 6.42 Å². The van der Waals surface area contributed by atoms with E-state index in [9.17, 15) is 0 Å². The highest BCUT2D eigenvalue weighted by atomic mass is 79.9. The molecule has 0 radical (unpaired) electrons. The van der Waals surface area contributed by atoms with Crippen molar-refractivity contribution in [2.45, 2.75) is 17.4 Å². The fourth-order valence-electron chi connectivity index (χ4n) is 1.92. The van der Waals surface area contributed by atoms with Crippen LogP contribution in [0.4, 0.5) is 0 Å². The summed E-state index contributed by atoms with van der Waals surface area (Å²) in [5.74, 6) is 1.78. The van der Waals surface area contributed by atoms with Crippen LogP contribution < -0.4 is 10.5 Å². The van der Waals surface area contributed by atoms with Crippen LogP contribution in [-0.4, -0.2) is 18.9 Å². The zero-order valence-electron chi connectivity index (χ0n) is 11.4. The number of benzene rings is 2. The van der Waals surface area contributed by atoms with Crippen LogP contribution in [0.25, 0.3) is 0 Å². The van der Waals surface area contributed by atoms with Gasteiger partial charge in [0.25, 0.3) is 0 Å². The van der Waals surface area contributed by atoms with E-state index in [0.29, 0.717) is 0 Å². The highest BCUT2D eigenvalue weighted by Crippen LogP contribution is 2.23. The molecule has 1 unspecified atom stereocenters. The van der Waals surface area contributed by atoms with Gasteiger partial charge >= 0.3 is 0 Å². The Bertz CT molecular complexity index is 562. The van der Waals surface area contributed by atoms with Gasteiger partial charge in [-0.2, -0.15) is 0 Å². The van der Waals surface area contributed by atoms with Gasteiger partial charge in [0, 0.05) is 21.2 Å². The lowest BCUT2D eigenvalue weighted by atomic mass is 10.1. The van der Waals surface area contributed by atoms with E-state index < -0.39 is 0 Å². The zero-order chi connectivity index (χ0) is 14.4. The lowest BCUT2D eigenvalue weighted by molar-refractivity contribution is 0.414. The van der Waals surface area contributed by atoms with E-state index in [1.54, 1.807) is 18.9 Å². The van der Waals surface area contributed by atoms with Crippen LogP contribution in [0, 0.1) is 0 Å². The van der Waals surface area contributed by atoms with Crippen LogP contribution in [0.15, 0.2) is 57.9 Å². The number of hydrogen-bond donors (Lipinski definition) is 1. The molecule has 0 aromatic heterocycles. The van der Waals surface area contributed by atoms with Gasteiger partial charge in [-0.3, -0.25) is 0 Å². The predicted molar refractivity (Wildman–Crippen MR) is 89.5 cm³/mol. The molecule has 0 spiro atoms. The van der Waals surface area contributed by atoms with Crippen molar-refractivity contribution in [3.63, 3.8) is 0 Å². The summed E-state index contributed by atoms with van der Waals surface area (Å²) >= 11 is 5.27. The number of hydrogen-bond acceptors (Lipinski definition) is 3. The summed E-state index contributed by atoms with van der Waals surface area (Å²) in [7, 11) is 1.68. The maximum atomic E-state index is 6.21. The van der Waals surface area contributed by atoms with Crippen LogP contribution >= 0.6 is 27.7 Å². The van der Waals surface area contributed by atoms with Crippen molar-refractivity contribution in [2.24, 2.45) is 5.73 Å². The normalized spacial score (nSPS) is 12.2. The van der Waals surface area contributed by atoms with Crippen molar-refractivity contribution in [1.29, 1.82) is 0 Å². The molecular weight excluding hydrogens is 334 g/mol. The second kappa shape index (κ2) is 7.72. The standard InChI is InChI=1S/C16H18BrNOS/c1-19-15-6-2-4-12(9-15)8-14(18)11-20-16-7-3-5-13(17)10-16/h2-7,9-10,14H,8,11,18H2,1H3. The van der Waals surface area contributed by atoms with E-state index in [1.807, 2.05) is 30.3 Å². The van der Waals surface area contributed by atoms with Crippen molar-refractivity contribution < 1.29 is 4.74 Å². The topological polar surface area (TPSA) is 35.2 Å². The van der Waals surface area contributed by atoms with E-state index >= 15 is 0 Å². The third kappa shape index (κ3) is 4.85. The molecule has 2 nitrogen and oxygen atoms in total. The number of rotatable bonds is 6. The third-order valence-electron chi connectivity index (χ3n) is 2.89. The maximum Gasteiger partial charge on any atom is 0.119 e. The van der Waals surface area contributed by atoms with Crippen LogP contribution in [0.2, 0.25) is 0 Å². The lowest BCUT2D eigenvalue weighted by Crippen LogP contribution is -2.25. The molecule has 0 aliphatic carbocycles. The Morgan fingerprint density at radius 1 is 1.20 bits per heavy atom. The Hall–Kier alpha value is -0.970. The summed E-state index contributed by atoms with van der Waals surface area (Å²) in [5.41, 5.74) is 7.42. The highest BCUT2D eigenvalue weighted by molar-refractivity contribution is 9.10. The van der Waals surface area contributed by atoms with Gasteiger partial charge in [-0.15, -0.1) is 11.8 Å². The largest absolute Gasteiger partial charge is 0.497 e. The predicted octanol–water partition coefficient (Wildman–Crippen LogP) is 4.12. The lowest BCUT2D eigenvalue weighted by Gasteiger charge is -2.12. The summed E-state index contributed by atoms with van der Waals surface area (Å²) in [6.07, 6.45) is 0.859. The molecule has 1 atom stereocenters. The Labute approximate surface area is 132 Å². The van der Waals surface area contributed by atoms with Crippen molar-refractivity contribution in [2.75, 3.05) is 12.9 Å². The average molecular weight is 352 g/mol. The van der Waals surface area contributed by atoms with Gasteiger partial charge in [-0.05, 0) is 42.3 Å². The fraction of sp³-hybridized carbons (Fsp3) is 0.250. The van der Waals surface area contributed by atoms with E-state index in [2.05, 4.69) is 34.1 Å². The second-order valence-electron chi connectivity index (χ2n) is 4.58. The molecule has 0 aliphatic heterocycles. The van der Waals surface area contributed by atoms with E-state index in [4.69, 9.17) is 10.5 Å². The van der Waals surface area contributed by atoms with Crippen molar-refractivity contribution in [3.05, 3.63) is 58.6 Å². The molecule has 2 aromatic rings. The average Bonchev–Trinajstić information content (AvgIpc) is 2.45. The number of halogens is 1. The molecule has 0 amide bonds. The first-order valence-corrected chi connectivity index (χ1v) is 8.22. The number of methoxy groups -OCH3 is 1. The van der Waals surface area contributed by atoms with Crippen LogP contribution in [0.1, 0.15) is 5.56 Å². The first kappa shape index (κ1) is 15.4. The van der Waals surface area contributed by atoms with E-state index in [0.717, 1.165) is 22.4 Å². The van der Waals surface area contributed by atoms with Gasteiger partial charge in [0.05, 0.1) is 7.11 Å². The molecule has 0 bridgehead atoms. The summed E-state index contributed by atoms with van der Waals surface area (Å²) in [5, 5.41) is 0. The second-order valence-corrected chi connectivity index (χ2v) is 6.59. The SMILES string of the molecule is COc1cccc(CC(N)CSc2cccc(Br)c2)c1. The Balaban J connectivity index is 1.87. The summed E-state index contributed by atoms with van der Waals surface area (Å²) < 4.78 is 6.33. The summed E-state index contributed by atoms with van der Waals surface area (Å²) in [6, 6.07) is 16.5. The van der Waals surface area contributed by atoms with Gasteiger partial charge in [0.15, 0.2) is 0 Å². The van der Waals surface area contributed by atoms with Crippen molar-refractivity contribution in [1.82, 2.24) is 0 Å². The molecule has 2 aromatic carbocycles. The molecule has 2 N–H and O–H groups in total. The molecule has 106 valence electrons. The minimum absolute atomic E-state index is 0.131. The third-order valence-corrected chi connectivity index (χ3v) is 4.57. The summed E-state index contributed by atoms with van der Waals surface area (Å²) in [4.78, 5) is 1.24. The smallest absolute Gasteiger partial charge is 0.119 e. The fourth-order valence-corrected chi connectivity index (χ4v) is 3.38. The van der Waals surface area contributed by atoms with Gasteiger partial charge in [-0.1, -0.05) is 34.1 Å². The number of ether oxygens (including phenoxy) is 1. The Morgan fingerprint density at radius 3 is 2.75 bits per heavy atom. The zero-order valence-corrected chi connectivity index (χ0v) is 13.8. The molecule has 0 aliphatic rings. The molecule has 4 heteroatoms. The molecular formula is C16H18BrNOS. The van der Waals surface area contributed by atoms with Crippen LogP contribution in [0.5, 0.6) is 5.75 Å². The molecule has 0 saturated heterocycles. The highest BCUT2D eigenvalue weighted by Gasteiger charge is 2.06. The minimum Gasteiger partial charge on any atom is -0.497 e. The monoisotopic (exact) mass is 351 g/mol. The van der Waals surface area contributed by atoms with Crippen LogP contribution in [0.3, 0.4) is 0 Å². The Morgan fingerprint density at radius 2 is 2.00 bits per heavy atom. The van der Waals surface area contributed by atoms with Gasteiger partial charge in [0.2, 0.25) is 0 Å². The van der Waals surface area contributed by atoms with Crippen molar-refractivity contribution in [3.8, 4) is 5.75 Å². The molecule has 0 saturated carbocycles. The summed E-state index contributed by atoms with van der Waals surface area (Å²) in [6.45, 7) is 0. The first-order valence-electron chi connectivity index (χ1n) is 6.44. The Kier molecular flexibility index (Phi) is 5.95. The van der Waals surface area contributed by atoms with Gasteiger partial charge in [0.1, 0.15) is 5.75 Å². The minimum atomic E-state index is 0.131. The molecule has 0 heterocycles. The first-order chi connectivity index (χ1) is 9.67.